The first-order chi connectivity index (χ1) is 12.9. The second-order valence-corrected chi connectivity index (χ2v) is 12.4. The fraction of sp³-hybridized carbons (Fsp3) is 1.00. The molecule has 0 radical (unpaired) electrons. The maximum atomic E-state index is 10.0. The van der Waals surface area contributed by atoms with E-state index in [9.17, 15) is 5.21 Å². The minimum atomic E-state index is 0.0424. The van der Waals surface area contributed by atoms with E-state index in [0.717, 1.165) is 17.0 Å². The van der Waals surface area contributed by atoms with Crippen molar-refractivity contribution in [3.63, 3.8) is 0 Å². The fourth-order valence-electron chi connectivity index (χ4n) is 6.10. The molecule has 0 amide bonds. The molecule has 0 saturated heterocycles. The van der Waals surface area contributed by atoms with Crippen LogP contribution >= 0.6 is 7.92 Å². The van der Waals surface area contributed by atoms with E-state index in [4.69, 9.17) is 0 Å². The highest BCUT2D eigenvalue weighted by molar-refractivity contribution is 7.60. The summed E-state index contributed by atoms with van der Waals surface area (Å²) in [6.07, 6.45) is 27.3. The molecule has 3 atom stereocenters. The average Bonchev–Trinajstić information content (AvgIpc) is 2.88. The smallest absolute Gasteiger partial charge is 0.0387 e. The third kappa shape index (κ3) is 6.18. The normalized spacial score (nSPS) is 32.7. The van der Waals surface area contributed by atoms with E-state index in [0.29, 0.717) is 6.04 Å². The van der Waals surface area contributed by atoms with Gasteiger partial charge in [-0.15, -0.1) is 0 Å². The SMILES string of the molecule is ONC1CCCCCCC1P(C1CCCCCCC1)C1CCCCCC1. The molecule has 0 aromatic heterocycles. The molecule has 0 aromatic rings. The van der Waals surface area contributed by atoms with Crippen LogP contribution in [0, 0.1) is 0 Å². The quantitative estimate of drug-likeness (QED) is 0.302. The second-order valence-electron chi connectivity index (χ2n) is 9.39. The van der Waals surface area contributed by atoms with Gasteiger partial charge in [0.2, 0.25) is 0 Å². The summed E-state index contributed by atoms with van der Waals surface area (Å²) in [5.74, 6) is 0. The van der Waals surface area contributed by atoms with E-state index in [2.05, 4.69) is 5.48 Å². The van der Waals surface area contributed by atoms with Gasteiger partial charge in [-0.3, -0.25) is 0 Å². The van der Waals surface area contributed by atoms with Gasteiger partial charge >= 0.3 is 0 Å². The van der Waals surface area contributed by atoms with Crippen molar-refractivity contribution in [1.29, 1.82) is 0 Å². The summed E-state index contributed by atoms with van der Waals surface area (Å²) < 4.78 is 0. The molecule has 0 spiro atoms. The molecule has 3 saturated carbocycles. The number of hydrogen-bond acceptors (Lipinski definition) is 2. The zero-order valence-corrected chi connectivity index (χ0v) is 18.0. The molecular formula is C23H44NOP. The Kier molecular flexibility index (Phi) is 9.75. The first-order valence-electron chi connectivity index (χ1n) is 12.1. The molecule has 3 rings (SSSR count). The van der Waals surface area contributed by atoms with E-state index < -0.39 is 0 Å². The number of rotatable bonds is 4. The summed E-state index contributed by atoms with van der Waals surface area (Å²) >= 11 is 0. The van der Waals surface area contributed by atoms with Crippen molar-refractivity contribution >= 4 is 7.92 Å². The van der Waals surface area contributed by atoms with Gasteiger partial charge in [-0.1, -0.05) is 91.4 Å². The molecule has 0 aromatic carbocycles. The Labute approximate surface area is 164 Å². The zero-order chi connectivity index (χ0) is 18.0. The molecule has 152 valence electrons. The molecule has 3 fully saturated rings. The summed E-state index contributed by atoms with van der Waals surface area (Å²) in [5.41, 5.74) is 5.61. The predicted octanol–water partition coefficient (Wildman–Crippen LogP) is 7.37. The number of hydrogen-bond donors (Lipinski definition) is 2. The standard InChI is InChI=1S/C23H44NOP/c25-24-22-18-12-6-7-13-19-23(22)26(21-16-10-4-5-11-17-21)20-14-8-2-1-3-9-15-20/h20-25H,1-19H2. The van der Waals surface area contributed by atoms with Crippen LogP contribution in [0.4, 0.5) is 0 Å². The van der Waals surface area contributed by atoms with Crippen molar-refractivity contribution in [2.24, 2.45) is 0 Å². The Morgan fingerprint density at radius 1 is 0.500 bits per heavy atom. The van der Waals surface area contributed by atoms with Gasteiger partial charge in [0.1, 0.15) is 0 Å². The third-order valence-electron chi connectivity index (χ3n) is 7.52. The molecule has 0 heterocycles. The average molecular weight is 382 g/mol. The van der Waals surface area contributed by atoms with Crippen molar-refractivity contribution < 1.29 is 5.21 Å². The molecule has 2 nitrogen and oxygen atoms in total. The van der Waals surface area contributed by atoms with Gasteiger partial charge in [0.05, 0.1) is 0 Å². The lowest BCUT2D eigenvalue weighted by atomic mass is 9.96. The van der Waals surface area contributed by atoms with Crippen molar-refractivity contribution in [2.45, 2.75) is 145 Å². The van der Waals surface area contributed by atoms with Crippen molar-refractivity contribution in [1.82, 2.24) is 5.48 Å². The van der Waals surface area contributed by atoms with E-state index in [1.165, 1.54) is 122 Å². The lowest BCUT2D eigenvalue weighted by Gasteiger charge is -2.44. The van der Waals surface area contributed by atoms with Crippen LogP contribution in [0.3, 0.4) is 0 Å². The van der Waals surface area contributed by atoms with Crippen LogP contribution in [0.15, 0.2) is 0 Å². The molecule has 26 heavy (non-hydrogen) atoms. The third-order valence-corrected chi connectivity index (χ3v) is 11.6. The van der Waals surface area contributed by atoms with Crippen LogP contribution in [0.25, 0.3) is 0 Å². The molecule has 3 heteroatoms. The van der Waals surface area contributed by atoms with Crippen LogP contribution in [-0.4, -0.2) is 28.2 Å². The molecule has 2 N–H and O–H groups in total. The second kappa shape index (κ2) is 12.0. The zero-order valence-electron chi connectivity index (χ0n) is 17.1. The Bertz CT molecular complexity index is 361. The van der Waals surface area contributed by atoms with Gasteiger partial charge in [0.15, 0.2) is 0 Å². The van der Waals surface area contributed by atoms with Crippen LogP contribution in [0.2, 0.25) is 0 Å². The van der Waals surface area contributed by atoms with Gasteiger partial charge in [0, 0.05) is 6.04 Å². The molecule has 3 unspecified atom stereocenters. The van der Waals surface area contributed by atoms with Crippen molar-refractivity contribution in [2.75, 3.05) is 0 Å². The molecule has 0 bridgehead atoms. The summed E-state index contributed by atoms with van der Waals surface area (Å²) in [6, 6.07) is 0.384. The first kappa shape index (κ1) is 21.1. The van der Waals surface area contributed by atoms with Gasteiger partial charge in [-0.25, -0.2) is 5.48 Å². The molecule has 3 aliphatic carbocycles. The first-order valence-corrected chi connectivity index (χ1v) is 13.6. The summed E-state index contributed by atoms with van der Waals surface area (Å²) in [7, 11) is 0.0424. The maximum absolute atomic E-state index is 10.0. The highest BCUT2D eigenvalue weighted by Gasteiger charge is 2.38. The lowest BCUT2D eigenvalue weighted by Crippen LogP contribution is -2.41. The Balaban J connectivity index is 1.80. The fourth-order valence-corrected chi connectivity index (χ4v) is 10.8. The van der Waals surface area contributed by atoms with Crippen LogP contribution < -0.4 is 5.48 Å². The Morgan fingerprint density at radius 2 is 0.885 bits per heavy atom. The number of hydroxylamine groups is 1. The van der Waals surface area contributed by atoms with Crippen molar-refractivity contribution in [3.05, 3.63) is 0 Å². The van der Waals surface area contributed by atoms with E-state index in [1.54, 1.807) is 0 Å². The van der Waals surface area contributed by atoms with Crippen LogP contribution in [-0.2, 0) is 0 Å². The molecule has 3 aliphatic rings. The van der Waals surface area contributed by atoms with Gasteiger partial charge < -0.3 is 5.21 Å². The van der Waals surface area contributed by atoms with Crippen LogP contribution in [0.1, 0.15) is 122 Å². The summed E-state index contributed by atoms with van der Waals surface area (Å²) in [5, 5.41) is 10.0. The van der Waals surface area contributed by atoms with Gasteiger partial charge in [-0.05, 0) is 55.5 Å². The van der Waals surface area contributed by atoms with Gasteiger partial charge in [0.25, 0.3) is 0 Å². The largest absolute Gasteiger partial charge is 0.317 e. The maximum Gasteiger partial charge on any atom is 0.0387 e. The lowest BCUT2D eigenvalue weighted by molar-refractivity contribution is 0.114. The highest BCUT2D eigenvalue weighted by Crippen LogP contribution is 2.60. The summed E-state index contributed by atoms with van der Waals surface area (Å²) in [6.45, 7) is 0. The van der Waals surface area contributed by atoms with Crippen LogP contribution in [0.5, 0.6) is 0 Å². The highest BCUT2D eigenvalue weighted by atomic mass is 31.1. The Hall–Kier alpha value is 0.350. The minimum absolute atomic E-state index is 0.0424. The van der Waals surface area contributed by atoms with E-state index >= 15 is 0 Å². The number of nitrogens with one attached hydrogen (secondary N) is 1. The van der Waals surface area contributed by atoms with E-state index in [1.807, 2.05) is 0 Å². The molecule has 0 aliphatic heterocycles. The van der Waals surface area contributed by atoms with E-state index in [-0.39, 0.29) is 7.92 Å². The van der Waals surface area contributed by atoms with Gasteiger partial charge in [-0.2, -0.15) is 0 Å². The summed E-state index contributed by atoms with van der Waals surface area (Å²) in [4.78, 5) is 0. The topological polar surface area (TPSA) is 32.3 Å². The van der Waals surface area contributed by atoms with Crippen molar-refractivity contribution in [3.8, 4) is 0 Å². The monoisotopic (exact) mass is 381 g/mol. The molecular weight excluding hydrogens is 337 g/mol. The Morgan fingerprint density at radius 3 is 1.35 bits per heavy atom. The minimum Gasteiger partial charge on any atom is -0.317 e. The predicted molar refractivity (Wildman–Crippen MR) is 115 cm³/mol.